The van der Waals surface area contributed by atoms with Gasteiger partial charge in [-0.2, -0.15) is 4.72 Å². The second kappa shape index (κ2) is 8.27. The number of H-pyrrole nitrogens is 1. The van der Waals surface area contributed by atoms with Crippen LogP contribution in [0, 0.1) is 0 Å². The minimum Gasteiger partial charge on any atom is -0.465 e. The van der Waals surface area contributed by atoms with Crippen molar-refractivity contribution < 1.29 is 17.9 Å². The summed E-state index contributed by atoms with van der Waals surface area (Å²) in [4.78, 5) is 15.9. The summed E-state index contributed by atoms with van der Waals surface area (Å²) in [6.07, 6.45) is 2.48. The number of rotatable bonds is 7. The lowest BCUT2D eigenvalue weighted by atomic mass is 10.0. The van der Waals surface area contributed by atoms with Crippen molar-refractivity contribution in [2.24, 2.45) is 0 Å². The Morgan fingerprint density at radius 3 is 2.48 bits per heavy atom. The number of aromatic amines is 1. The van der Waals surface area contributed by atoms with Gasteiger partial charge < -0.3 is 9.72 Å². The first-order valence-corrected chi connectivity index (χ1v) is 10.6. The molecule has 0 fully saturated rings. The van der Waals surface area contributed by atoms with Crippen LogP contribution in [-0.2, 0) is 19.6 Å². The number of esters is 1. The van der Waals surface area contributed by atoms with E-state index >= 15 is 0 Å². The zero-order chi connectivity index (χ0) is 20.2. The van der Waals surface area contributed by atoms with Crippen LogP contribution in [0.25, 0.3) is 16.5 Å². The standard InChI is InChI=1S/C20H28N2O4S/c1-6-10-15(17-13-14-11-8-9-12-16(14)21-17)18(19(23)26-7-2)22-27(24,25)20(3,4)5/h8-13,18,21-22H,6-7H2,1-5H3/b15-10+/t18-/m0/s1. The Hall–Kier alpha value is -2.12. The first kappa shape index (κ1) is 21.2. The minimum atomic E-state index is -3.77. The Morgan fingerprint density at radius 1 is 1.26 bits per heavy atom. The Bertz CT molecular complexity index is 903. The summed E-state index contributed by atoms with van der Waals surface area (Å²) < 4.78 is 32.1. The van der Waals surface area contributed by atoms with E-state index in [1.54, 1.807) is 27.7 Å². The number of aromatic nitrogens is 1. The monoisotopic (exact) mass is 392 g/mol. The highest BCUT2D eigenvalue weighted by atomic mass is 32.2. The van der Waals surface area contributed by atoms with Crippen LogP contribution in [0.4, 0.5) is 0 Å². The van der Waals surface area contributed by atoms with Gasteiger partial charge in [-0.25, -0.2) is 13.2 Å². The minimum absolute atomic E-state index is 0.165. The lowest BCUT2D eigenvalue weighted by Gasteiger charge is -2.25. The van der Waals surface area contributed by atoms with E-state index in [4.69, 9.17) is 4.74 Å². The van der Waals surface area contributed by atoms with Crippen molar-refractivity contribution in [1.29, 1.82) is 0 Å². The smallest absolute Gasteiger partial charge is 0.328 e. The maximum absolute atomic E-state index is 12.7. The fraction of sp³-hybridized carbons (Fsp3) is 0.450. The van der Waals surface area contributed by atoms with Crippen LogP contribution < -0.4 is 4.72 Å². The molecule has 27 heavy (non-hydrogen) atoms. The third kappa shape index (κ3) is 4.78. The summed E-state index contributed by atoms with van der Waals surface area (Å²) in [6.45, 7) is 8.55. The summed E-state index contributed by atoms with van der Waals surface area (Å²) in [5.74, 6) is -0.622. The molecule has 0 saturated carbocycles. The Labute approximate surface area is 161 Å². The van der Waals surface area contributed by atoms with Crippen LogP contribution in [0.15, 0.2) is 36.4 Å². The van der Waals surface area contributed by atoms with Gasteiger partial charge in [0.2, 0.25) is 10.0 Å². The number of sulfonamides is 1. The number of ether oxygens (including phenoxy) is 1. The third-order valence-electron chi connectivity index (χ3n) is 4.18. The molecule has 1 heterocycles. The fourth-order valence-corrected chi connectivity index (χ4v) is 3.52. The first-order chi connectivity index (χ1) is 12.6. The first-order valence-electron chi connectivity index (χ1n) is 9.07. The summed E-state index contributed by atoms with van der Waals surface area (Å²) in [5.41, 5.74) is 2.16. The quantitative estimate of drug-likeness (QED) is 0.705. The van der Waals surface area contributed by atoms with Crippen molar-refractivity contribution in [3.8, 4) is 0 Å². The van der Waals surface area contributed by atoms with E-state index in [9.17, 15) is 13.2 Å². The SMILES string of the molecule is CC/C=C(\c1cc2ccccc2[nH]1)[C@H](NS(=O)(=O)C(C)(C)C)C(=O)OCC. The molecule has 6 nitrogen and oxygen atoms in total. The molecule has 1 aromatic heterocycles. The van der Waals surface area contributed by atoms with Gasteiger partial charge in [0.25, 0.3) is 0 Å². The van der Waals surface area contributed by atoms with Crippen LogP contribution in [0.1, 0.15) is 46.7 Å². The number of nitrogens with one attached hydrogen (secondary N) is 2. The largest absolute Gasteiger partial charge is 0.465 e. The zero-order valence-corrected chi connectivity index (χ0v) is 17.3. The van der Waals surface area contributed by atoms with Crippen molar-refractivity contribution in [3.05, 3.63) is 42.1 Å². The molecule has 0 aliphatic rings. The number of hydrogen-bond donors (Lipinski definition) is 2. The van der Waals surface area contributed by atoms with Crippen molar-refractivity contribution in [2.75, 3.05) is 6.61 Å². The predicted octanol–water partition coefficient (Wildman–Crippen LogP) is 3.61. The van der Waals surface area contributed by atoms with E-state index in [1.807, 2.05) is 43.3 Å². The molecule has 0 spiro atoms. The summed E-state index contributed by atoms with van der Waals surface area (Å²) in [6, 6.07) is 8.51. The van der Waals surface area contributed by atoms with E-state index in [0.717, 1.165) is 10.9 Å². The molecule has 2 N–H and O–H groups in total. The van der Waals surface area contributed by atoms with Gasteiger partial charge in [0.1, 0.15) is 6.04 Å². The summed E-state index contributed by atoms with van der Waals surface area (Å²) in [7, 11) is -3.77. The molecule has 0 saturated heterocycles. The van der Waals surface area contributed by atoms with Crippen molar-refractivity contribution >= 4 is 32.5 Å². The number of benzene rings is 1. The van der Waals surface area contributed by atoms with Gasteiger partial charge in [-0.3, -0.25) is 0 Å². The molecule has 2 aromatic rings. The van der Waals surface area contributed by atoms with E-state index in [0.29, 0.717) is 17.7 Å². The molecule has 148 valence electrons. The molecule has 0 bridgehead atoms. The normalized spacial score (nSPS) is 14.3. The average Bonchev–Trinajstić information content (AvgIpc) is 3.00. The Kier molecular flexibility index (Phi) is 6.49. The van der Waals surface area contributed by atoms with E-state index in [1.165, 1.54) is 0 Å². The van der Waals surface area contributed by atoms with Gasteiger partial charge in [0.05, 0.1) is 11.4 Å². The second-order valence-electron chi connectivity index (χ2n) is 7.26. The highest BCUT2D eigenvalue weighted by Gasteiger charge is 2.36. The van der Waals surface area contributed by atoms with E-state index < -0.39 is 26.8 Å². The van der Waals surface area contributed by atoms with Crippen LogP contribution in [-0.4, -0.2) is 36.8 Å². The molecule has 0 radical (unpaired) electrons. The Morgan fingerprint density at radius 2 is 1.93 bits per heavy atom. The molecule has 0 unspecified atom stereocenters. The maximum atomic E-state index is 12.7. The number of carbonyl (C=O) groups is 1. The number of allylic oxidation sites excluding steroid dienone is 1. The molecule has 7 heteroatoms. The molecular weight excluding hydrogens is 364 g/mol. The summed E-state index contributed by atoms with van der Waals surface area (Å²) in [5, 5.41) is 0.982. The topological polar surface area (TPSA) is 88.3 Å². The molecule has 1 aromatic carbocycles. The predicted molar refractivity (Wildman–Crippen MR) is 109 cm³/mol. The van der Waals surface area contributed by atoms with Gasteiger partial charge in [-0.15, -0.1) is 0 Å². The lowest BCUT2D eigenvalue weighted by molar-refractivity contribution is -0.143. The lowest BCUT2D eigenvalue weighted by Crippen LogP contribution is -2.49. The molecule has 0 aliphatic heterocycles. The fourth-order valence-electron chi connectivity index (χ4n) is 2.63. The number of para-hydroxylation sites is 1. The van der Waals surface area contributed by atoms with Gasteiger partial charge in [0, 0.05) is 16.8 Å². The van der Waals surface area contributed by atoms with E-state index in [2.05, 4.69) is 9.71 Å². The van der Waals surface area contributed by atoms with Gasteiger partial charge >= 0.3 is 5.97 Å². The highest BCUT2D eigenvalue weighted by molar-refractivity contribution is 7.90. The number of hydrogen-bond acceptors (Lipinski definition) is 4. The molecule has 1 atom stereocenters. The van der Waals surface area contributed by atoms with Crippen molar-refractivity contribution in [1.82, 2.24) is 9.71 Å². The van der Waals surface area contributed by atoms with Gasteiger partial charge in [-0.05, 0) is 51.6 Å². The summed E-state index contributed by atoms with van der Waals surface area (Å²) >= 11 is 0. The molecule has 2 rings (SSSR count). The third-order valence-corrected chi connectivity index (χ3v) is 6.34. The van der Waals surface area contributed by atoms with E-state index in [-0.39, 0.29) is 6.61 Å². The van der Waals surface area contributed by atoms with Crippen LogP contribution in [0.2, 0.25) is 0 Å². The Balaban J connectivity index is 2.55. The molecule has 0 amide bonds. The number of fused-ring (bicyclic) bond motifs is 1. The van der Waals surface area contributed by atoms with Gasteiger partial charge in [-0.1, -0.05) is 31.2 Å². The molecular formula is C20H28N2O4S. The molecule has 0 aliphatic carbocycles. The van der Waals surface area contributed by atoms with Crippen LogP contribution >= 0.6 is 0 Å². The van der Waals surface area contributed by atoms with Crippen LogP contribution in [0.5, 0.6) is 0 Å². The number of carbonyl (C=O) groups excluding carboxylic acids is 1. The zero-order valence-electron chi connectivity index (χ0n) is 16.5. The van der Waals surface area contributed by atoms with Crippen molar-refractivity contribution in [3.63, 3.8) is 0 Å². The average molecular weight is 393 g/mol. The highest BCUT2D eigenvalue weighted by Crippen LogP contribution is 2.26. The second-order valence-corrected chi connectivity index (χ2v) is 9.72. The maximum Gasteiger partial charge on any atom is 0.328 e. The van der Waals surface area contributed by atoms with Crippen molar-refractivity contribution in [2.45, 2.75) is 51.8 Å². The van der Waals surface area contributed by atoms with Crippen LogP contribution in [0.3, 0.4) is 0 Å². The van der Waals surface area contributed by atoms with Gasteiger partial charge in [0.15, 0.2) is 0 Å².